The van der Waals surface area contributed by atoms with Gasteiger partial charge in [-0.05, 0) is 20.8 Å². The van der Waals surface area contributed by atoms with Gasteiger partial charge in [-0.25, -0.2) is 0 Å². The van der Waals surface area contributed by atoms with Gasteiger partial charge in [0.15, 0.2) is 0 Å². The van der Waals surface area contributed by atoms with E-state index in [9.17, 15) is 9.59 Å². The molecule has 0 unspecified atom stereocenters. The van der Waals surface area contributed by atoms with E-state index in [2.05, 4.69) is 83.9 Å². The first-order chi connectivity index (χ1) is 13.6. The molecule has 0 fully saturated rings. The number of hydrogen-bond acceptors (Lipinski definition) is 4. The SMILES string of the molecule is CC(C)(C)NCCN(CCC(=O)NCC[N+](C)(C)C)CCC(=O)NCC[N+](C)(C)C. The molecular formula is C22H50N6O2+2. The number of nitrogens with zero attached hydrogens (tertiary/aromatic N) is 3. The van der Waals surface area contributed by atoms with Gasteiger partial charge in [0, 0.05) is 44.6 Å². The lowest BCUT2D eigenvalue weighted by molar-refractivity contribution is -0.869. The van der Waals surface area contributed by atoms with Crippen LogP contribution < -0.4 is 16.0 Å². The molecule has 0 heterocycles. The zero-order chi connectivity index (χ0) is 23.4. The first kappa shape index (κ1) is 28.8. The third-order valence-corrected chi connectivity index (χ3v) is 4.60. The van der Waals surface area contributed by atoms with Crippen LogP contribution in [0.25, 0.3) is 0 Å². The van der Waals surface area contributed by atoms with Crippen molar-refractivity contribution in [1.82, 2.24) is 20.9 Å². The maximum Gasteiger partial charge on any atom is 0.221 e. The summed E-state index contributed by atoms with van der Waals surface area (Å²) in [5.41, 5.74) is 0.0524. The molecule has 0 spiro atoms. The van der Waals surface area contributed by atoms with E-state index < -0.39 is 0 Å². The van der Waals surface area contributed by atoms with E-state index in [-0.39, 0.29) is 17.4 Å². The van der Waals surface area contributed by atoms with Crippen LogP contribution in [0.1, 0.15) is 33.6 Å². The van der Waals surface area contributed by atoms with Crippen molar-refractivity contribution in [2.45, 2.75) is 39.2 Å². The summed E-state index contributed by atoms with van der Waals surface area (Å²) in [5, 5.41) is 9.49. The van der Waals surface area contributed by atoms with Crippen LogP contribution in [0.3, 0.4) is 0 Å². The molecule has 3 N–H and O–H groups in total. The van der Waals surface area contributed by atoms with Crippen molar-refractivity contribution in [3.8, 4) is 0 Å². The molecule has 0 aliphatic rings. The summed E-state index contributed by atoms with van der Waals surface area (Å²) in [5.74, 6) is 0.147. The topological polar surface area (TPSA) is 73.5 Å². The van der Waals surface area contributed by atoms with Gasteiger partial charge in [-0.15, -0.1) is 0 Å². The predicted octanol–water partition coefficient (Wildman–Crippen LogP) is 0.102. The summed E-state index contributed by atoms with van der Waals surface area (Å²) in [4.78, 5) is 26.6. The predicted molar refractivity (Wildman–Crippen MR) is 125 cm³/mol. The molecule has 0 aliphatic heterocycles. The second kappa shape index (κ2) is 13.2. The Bertz CT molecular complexity index is 467. The van der Waals surface area contributed by atoms with Crippen LogP contribution >= 0.6 is 0 Å². The van der Waals surface area contributed by atoms with Crippen LogP contribution in [0.15, 0.2) is 0 Å². The second-order valence-corrected chi connectivity index (χ2v) is 11.2. The second-order valence-electron chi connectivity index (χ2n) is 11.2. The summed E-state index contributed by atoms with van der Waals surface area (Å²) in [6.07, 6.45) is 0.908. The first-order valence-electron chi connectivity index (χ1n) is 11.2. The number of carbonyl (C=O) groups excluding carboxylic acids is 2. The van der Waals surface area contributed by atoms with E-state index in [0.29, 0.717) is 39.0 Å². The molecule has 0 aliphatic carbocycles. The molecule has 0 radical (unpaired) electrons. The highest BCUT2D eigenvalue weighted by atomic mass is 16.2. The summed E-state index contributed by atoms with van der Waals surface area (Å²) in [6.45, 7) is 12.6. The zero-order valence-corrected chi connectivity index (χ0v) is 21.2. The average Bonchev–Trinajstić information content (AvgIpc) is 2.53. The number of nitrogens with one attached hydrogen (secondary N) is 3. The summed E-state index contributed by atoms with van der Waals surface area (Å²) in [7, 11) is 12.7. The molecule has 2 amide bonds. The van der Waals surface area contributed by atoms with Gasteiger partial charge in [0.05, 0.1) is 68.5 Å². The van der Waals surface area contributed by atoms with E-state index in [1.165, 1.54) is 0 Å². The molecular weight excluding hydrogens is 380 g/mol. The normalized spacial score (nSPS) is 12.9. The lowest BCUT2D eigenvalue weighted by atomic mass is 10.1. The monoisotopic (exact) mass is 430 g/mol. The quantitative estimate of drug-likeness (QED) is 0.322. The molecule has 0 saturated heterocycles. The van der Waals surface area contributed by atoms with Crippen LogP contribution in [0.5, 0.6) is 0 Å². The Labute approximate surface area is 185 Å². The largest absolute Gasteiger partial charge is 0.350 e. The van der Waals surface area contributed by atoms with Crippen LogP contribution in [-0.2, 0) is 9.59 Å². The fourth-order valence-corrected chi connectivity index (χ4v) is 2.68. The number of quaternary nitrogens is 2. The molecule has 178 valence electrons. The highest BCUT2D eigenvalue weighted by Gasteiger charge is 2.14. The smallest absolute Gasteiger partial charge is 0.221 e. The molecule has 0 bridgehead atoms. The molecule has 0 atom stereocenters. The van der Waals surface area contributed by atoms with Crippen molar-refractivity contribution in [3.63, 3.8) is 0 Å². The minimum Gasteiger partial charge on any atom is -0.350 e. The van der Waals surface area contributed by atoms with Gasteiger partial charge >= 0.3 is 0 Å². The van der Waals surface area contributed by atoms with Crippen LogP contribution in [-0.4, -0.2) is 126 Å². The lowest BCUT2D eigenvalue weighted by Gasteiger charge is -2.26. The van der Waals surface area contributed by atoms with E-state index >= 15 is 0 Å². The van der Waals surface area contributed by atoms with E-state index in [0.717, 1.165) is 35.1 Å². The van der Waals surface area contributed by atoms with Gasteiger partial charge in [-0.3, -0.25) is 9.59 Å². The average molecular weight is 431 g/mol. The molecule has 8 nitrogen and oxygen atoms in total. The fraction of sp³-hybridized carbons (Fsp3) is 0.909. The molecule has 0 aromatic carbocycles. The molecule has 8 heteroatoms. The number of rotatable bonds is 15. The van der Waals surface area contributed by atoms with Gasteiger partial charge in [0.2, 0.25) is 11.8 Å². The Balaban J connectivity index is 4.42. The summed E-state index contributed by atoms with van der Waals surface area (Å²) < 4.78 is 1.65. The van der Waals surface area contributed by atoms with Crippen molar-refractivity contribution in [3.05, 3.63) is 0 Å². The molecule has 30 heavy (non-hydrogen) atoms. The van der Waals surface area contributed by atoms with Crippen molar-refractivity contribution < 1.29 is 18.6 Å². The lowest BCUT2D eigenvalue weighted by Crippen LogP contribution is -2.44. The highest BCUT2D eigenvalue weighted by Crippen LogP contribution is 2.00. The fourth-order valence-electron chi connectivity index (χ4n) is 2.68. The number of amides is 2. The Morgan fingerprint density at radius 3 is 1.43 bits per heavy atom. The first-order valence-corrected chi connectivity index (χ1v) is 11.2. The minimum atomic E-state index is 0.0524. The molecule has 0 aromatic rings. The van der Waals surface area contributed by atoms with E-state index in [1.807, 2.05) is 0 Å². The number of carbonyl (C=O) groups is 2. The number of likely N-dealkylation sites (N-methyl/N-ethyl adjacent to an activating group) is 2. The van der Waals surface area contributed by atoms with Gasteiger partial charge in [-0.2, -0.15) is 0 Å². The standard InChI is InChI=1S/C22H48N6O2/c1-22(2,3)25-12-17-26(15-10-20(29)23-13-18-27(4,5)6)16-11-21(30)24-14-19-28(7,8)9/h25H,10-19H2,1-9H3/p+2. The Morgan fingerprint density at radius 2 is 1.10 bits per heavy atom. The Hall–Kier alpha value is -1.22. The highest BCUT2D eigenvalue weighted by molar-refractivity contribution is 5.76. The Morgan fingerprint density at radius 1 is 0.700 bits per heavy atom. The van der Waals surface area contributed by atoms with Crippen LogP contribution in [0, 0.1) is 0 Å². The van der Waals surface area contributed by atoms with Crippen molar-refractivity contribution in [2.75, 3.05) is 94.6 Å². The minimum absolute atomic E-state index is 0.0524. The Kier molecular flexibility index (Phi) is 12.7. The van der Waals surface area contributed by atoms with Gasteiger partial charge in [-0.1, -0.05) is 0 Å². The maximum absolute atomic E-state index is 12.2. The molecule has 0 saturated carbocycles. The van der Waals surface area contributed by atoms with Crippen molar-refractivity contribution in [2.24, 2.45) is 0 Å². The van der Waals surface area contributed by atoms with Crippen LogP contribution in [0.2, 0.25) is 0 Å². The third-order valence-electron chi connectivity index (χ3n) is 4.60. The van der Waals surface area contributed by atoms with E-state index in [1.54, 1.807) is 0 Å². The van der Waals surface area contributed by atoms with Gasteiger partial charge < -0.3 is 29.8 Å². The summed E-state index contributed by atoms with van der Waals surface area (Å²) >= 11 is 0. The zero-order valence-electron chi connectivity index (χ0n) is 21.2. The molecule has 0 aromatic heterocycles. The van der Waals surface area contributed by atoms with Gasteiger partial charge in [0.25, 0.3) is 0 Å². The summed E-state index contributed by atoms with van der Waals surface area (Å²) in [6, 6.07) is 0. The maximum atomic E-state index is 12.2. The number of hydrogen-bond donors (Lipinski definition) is 3. The molecule has 0 rings (SSSR count). The van der Waals surface area contributed by atoms with Crippen LogP contribution in [0.4, 0.5) is 0 Å². The van der Waals surface area contributed by atoms with Crippen molar-refractivity contribution in [1.29, 1.82) is 0 Å². The van der Waals surface area contributed by atoms with Crippen molar-refractivity contribution >= 4 is 11.8 Å². The third kappa shape index (κ3) is 20.1. The van der Waals surface area contributed by atoms with Gasteiger partial charge in [0.1, 0.15) is 0 Å². The van der Waals surface area contributed by atoms with E-state index in [4.69, 9.17) is 0 Å².